The van der Waals surface area contributed by atoms with Gasteiger partial charge in [-0.05, 0) is 25.0 Å². The molecule has 2 rings (SSSR count). The summed E-state index contributed by atoms with van der Waals surface area (Å²) in [5.74, 6) is 0.149. The number of anilines is 1. The normalized spacial score (nSPS) is 16.3. The summed E-state index contributed by atoms with van der Waals surface area (Å²) < 4.78 is 34.3. The molecule has 1 N–H and O–H groups in total. The molecule has 0 amide bonds. The standard InChI is InChI=1S/C12H15F2NO2/c1-3-8(4-2)15-9-5-6-10-11(7-9)17-12(13,14)16-10/h5-8,15H,3-4H2,1-2H3. The molecule has 0 bridgehead atoms. The summed E-state index contributed by atoms with van der Waals surface area (Å²) in [7, 11) is 0. The third kappa shape index (κ3) is 2.60. The minimum absolute atomic E-state index is 0.0742. The number of nitrogens with one attached hydrogen (secondary N) is 1. The van der Waals surface area contributed by atoms with Crippen LogP contribution in [0.5, 0.6) is 11.5 Å². The van der Waals surface area contributed by atoms with Crippen LogP contribution in [0, 0.1) is 0 Å². The smallest absolute Gasteiger partial charge is 0.395 e. The van der Waals surface area contributed by atoms with E-state index in [1.807, 2.05) is 0 Å². The van der Waals surface area contributed by atoms with Crippen molar-refractivity contribution in [3.8, 4) is 11.5 Å². The highest BCUT2D eigenvalue weighted by molar-refractivity contribution is 5.56. The molecule has 17 heavy (non-hydrogen) atoms. The first kappa shape index (κ1) is 12.0. The van der Waals surface area contributed by atoms with E-state index < -0.39 is 6.29 Å². The molecule has 0 atom stereocenters. The van der Waals surface area contributed by atoms with Crippen molar-refractivity contribution in [1.29, 1.82) is 0 Å². The summed E-state index contributed by atoms with van der Waals surface area (Å²) >= 11 is 0. The molecule has 1 aliphatic heterocycles. The van der Waals surface area contributed by atoms with Crippen molar-refractivity contribution in [2.45, 2.75) is 39.0 Å². The van der Waals surface area contributed by atoms with Crippen LogP contribution >= 0.6 is 0 Å². The number of fused-ring (bicyclic) bond motifs is 1. The first-order valence-corrected chi connectivity index (χ1v) is 5.70. The van der Waals surface area contributed by atoms with Gasteiger partial charge in [0, 0.05) is 17.8 Å². The number of hydrogen-bond acceptors (Lipinski definition) is 3. The van der Waals surface area contributed by atoms with Crippen molar-refractivity contribution in [1.82, 2.24) is 0 Å². The van der Waals surface area contributed by atoms with Crippen molar-refractivity contribution in [3.05, 3.63) is 18.2 Å². The third-order valence-electron chi connectivity index (χ3n) is 2.76. The van der Waals surface area contributed by atoms with Gasteiger partial charge in [0.25, 0.3) is 0 Å². The van der Waals surface area contributed by atoms with E-state index in [-0.39, 0.29) is 11.5 Å². The fourth-order valence-corrected chi connectivity index (χ4v) is 1.77. The Labute approximate surface area is 98.7 Å². The predicted octanol–water partition coefficient (Wildman–Crippen LogP) is 3.61. The third-order valence-corrected chi connectivity index (χ3v) is 2.76. The highest BCUT2D eigenvalue weighted by Crippen LogP contribution is 2.42. The molecular formula is C12H15F2NO2. The number of benzene rings is 1. The van der Waals surface area contributed by atoms with Crippen molar-refractivity contribution in [2.24, 2.45) is 0 Å². The van der Waals surface area contributed by atoms with Gasteiger partial charge in [0.2, 0.25) is 0 Å². The first-order chi connectivity index (χ1) is 8.04. The Kier molecular flexibility index (Phi) is 3.09. The van der Waals surface area contributed by atoms with Gasteiger partial charge >= 0.3 is 6.29 Å². The van der Waals surface area contributed by atoms with Gasteiger partial charge in [-0.2, -0.15) is 0 Å². The van der Waals surface area contributed by atoms with Crippen LogP contribution in [-0.4, -0.2) is 12.3 Å². The van der Waals surface area contributed by atoms with E-state index >= 15 is 0 Å². The summed E-state index contributed by atoms with van der Waals surface area (Å²) in [6, 6.07) is 5.06. The molecule has 1 heterocycles. The Morgan fingerprint density at radius 1 is 1.18 bits per heavy atom. The fraction of sp³-hybridized carbons (Fsp3) is 0.500. The Bertz CT molecular complexity index is 405. The number of alkyl halides is 2. The topological polar surface area (TPSA) is 30.5 Å². The molecule has 0 radical (unpaired) electrons. The molecule has 0 saturated carbocycles. The van der Waals surface area contributed by atoms with Gasteiger partial charge in [0.05, 0.1) is 0 Å². The molecule has 3 nitrogen and oxygen atoms in total. The highest BCUT2D eigenvalue weighted by Gasteiger charge is 2.43. The molecule has 1 aromatic carbocycles. The van der Waals surface area contributed by atoms with Crippen molar-refractivity contribution in [2.75, 3.05) is 5.32 Å². The van der Waals surface area contributed by atoms with Gasteiger partial charge in [-0.3, -0.25) is 0 Å². The van der Waals surface area contributed by atoms with E-state index in [0.29, 0.717) is 6.04 Å². The molecule has 94 valence electrons. The number of halogens is 2. The lowest BCUT2D eigenvalue weighted by Gasteiger charge is -2.16. The Balaban J connectivity index is 2.13. The van der Waals surface area contributed by atoms with Crippen LogP contribution < -0.4 is 14.8 Å². The number of hydrogen-bond donors (Lipinski definition) is 1. The Morgan fingerprint density at radius 3 is 2.47 bits per heavy atom. The van der Waals surface area contributed by atoms with Gasteiger partial charge in [0.1, 0.15) is 0 Å². The lowest BCUT2D eigenvalue weighted by Crippen LogP contribution is -2.25. The predicted molar refractivity (Wildman–Crippen MR) is 60.6 cm³/mol. The quantitative estimate of drug-likeness (QED) is 0.876. The minimum atomic E-state index is -3.55. The van der Waals surface area contributed by atoms with Gasteiger partial charge < -0.3 is 14.8 Å². The van der Waals surface area contributed by atoms with Gasteiger partial charge in [-0.25, -0.2) is 0 Å². The van der Waals surface area contributed by atoms with Gasteiger partial charge in [-0.1, -0.05) is 13.8 Å². The average Bonchev–Trinajstić information content (AvgIpc) is 2.58. The molecule has 1 aromatic rings. The van der Waals surface area contributed by atoms with Gasteiger partial charge in [-0.15, -0.1) is 8.78 Å². The van der Waals surface area contributed by atoms with Crippen LogP contribution in [-0.2, 0) is 0 Å². The number of rotatable bonds is 4. The summed E-state index contributed by atoms with van der Waals surface area (Å²) in [6.07, 6.45) is -1.60. The van der Waals surface area contributed by atoms with Crippen LogP contribution in [0.4, 0.5) is 14.5 Å². The summed E-state index contributed by atoms with van der Waals surface area (Å²) in [4.78, 5) is 0. The van der Waals surface area contributed by atoms with Crippen molar-refractivity contribution < 1.29 is 18.3 Å². The van der Waals surface area contributed by atoms with Crippen molar-refractivity contribution >= 4 is 5.69 Å². The molecule has 0 saturated heterocycles. The van der Waals surface area contributed by atoms with Gasteiger partial charge in [0.15, 0.2) is 11.5 Å². The maximum absolute atomic E-state index is 12.8. The number of ether oxygens (including phenoxy) is 2. The second-order valence-electron chi connectivity index (χ2n) is 3.99. The van der Waals surface area contributed by atoms with Crippen molar-refractivity contribution in [3.63, 3.8) is 0 Å². The van der Waals surface area contributed by atoms with E-state index in [1.165, 1.54) is 12.1 Å². The van der Waals surface area contributed by atoms with E-state index in [4.69, 9.17) is 0 Å². The second-order valence-corrected chi connectivity index (χ2v) is 3.99. The Morgan fingerprint density at radius 2 is 1.82 bits per heavy atom. The average molecular weight is 243 g/mol. The molecule has 1 aliphatic rings. The molecule has 0 spiro atoms. The molecule has 5 heteroatoms. The van der Waals surface area contributed by atoms with E-state index in [9.17, 15) is 8.78 Å². The SMILES string of the molecule is CCC(CC)Nc1ccc2c(c1)OC(F)(F)O2. The largest absolute Gasteiger partial charge is 0.586 e. The maximum Gasteiger partial charge on any atom is 0.586 e. The monoisotopic (exact) mass is 243 g/mol. The summed E-state index contributed by atoms with van der Waals surface area (Å²) in [6.45, 7) is 4.14. The molecule has 0 aromatic heterocycles. The second kappa shape index (κ2) is 4.39. The Hall–Kier alpha value is -1.52. The summed E-state index contributed by atoms with van der Waals surface area (Å²) in [5, 5.41) is 3.25. The van der Waals surface area contributed by atoms with Crippen LogP contribution in [0.15, 0.2) is 18.2 Å². The van der Waals surface area contributed by atoms with Crippen LogP contribution in [0.25, 0.3) is 0 Å². The molecule has 0 aliphatic carbocycles. The van der Waals surface area contributed by atoms with Crippen LogP contribution in [0.2, 0.25) is 0 Å². The zero-order chi connectivity index (χ0) is 12.5. The van der Waals surface area contributed by atoms with E-state index in [2.05, 4.69) is 28.6 Å². The van der Waals surface area contributed by atoms with E-state index in [0.717, 1.165) is 18.5 Å². The highest BCUT2D eigenvalue weighted by atomic mass is 19.3. The van der Waals surface area contributed by atoms with Crippen LogP contribution in [0.1, 0.15) is 26.7 Å². The molecular weight excluding hydrogens is 228 g/mol. The molecule has 0 unspecified atom stereocenters. The zero-order valence-corrected chi connectivity index (χ0v) is 9.80. The van der Waals surface area contributed by atoms with E-state index in [1.54, 1.807) is 6.07 Å². The zero-order valence-electron chi connectivity index (χ0n) is 9.80. The molecule has 0 fully saturated rings. The van der Waals surface area contributed by atoms with Crippen LogP contribution in [0.3, 0.4) is 0 Å². The maximum atomic E-state index is 12.8. The summed E-state index contributed by atoms with van der Waals surface area (Å²) in [5.41, 5.74) is 0.763. The lowest BCUT2D eigenvalue weighted by atomic mass is 10.1. The minimum Gasteiger partial charge on any atom is -0.395 e. The fourth-order valence-electron chi connectivity index (χ4n) is 1.77. The first-order valence-electron chi connectivity index (χ1n) is 5.70. The lowest BCUT2D eigenvalue weighted by molar-refractivity contribution is -0.286.